The average Bonchev–Trinajstić information content (AvgIpc) is 3.31. The van der Waals surface area contributed by atoms with E-state index in [2.05, 4.69) is 11.0 Å². The summed E-state index contributed by atoms with van der Waals surface area (Å²) in [6.45, 7) is 2.10. The third-order valence-electron chi connectivity index (χ3n) is 4.93. The second-order valence-electron chi connectivity index (χ2n) is 6.96. The van der Waals surface area contributed by atoms with Crippen LogP contribution in [0.15, 0.2) is 71.3 Å². The van der Waals surface area contributed by atoms with Crippen molar-refractivity contribution < 1.29 is 13.9 Å². The van der Waals surface area contributed by atoms with Gasteiger partial charge in [0, 0.05) is 31.2 Å². The number of furan rings is 1. The Labute approximate surface area is 176 Å². The Morgan fingerprint density at radius 1 is 0.933 bits per heavy atom. The molecule has 0 aliphatic rings. The van der Waals surface area contributed by atoms with E-state index in [-0.39, 0.29) is 0 Å². The molecule has 154 valence electrons. The molecule has 4 rings (SSSR count). The van der Waals surface area contributed by atoms with E-state index in [9.17, 15) is 0 Å². The fourth-order valence-corrected chi connectivity index (χ4v) is 3.42. The van der Waals surface area contributed by atoms with E-state index in [4.69, 9.17) is 23.9 Å². The third kappa shape index (κ3) is 4.44. The van der Waals surface area contributed by atoms with Crippen molar-refractivity contribution in [2.24, 2.45) is 0 Å². The maximum atomic E-state index is 5.61. The molecule has 30 heavy (non-hydrogen) atoms. The summed E-state index contributed by atoms with van der Waals surface area (Å²) in [6, 6.07) is 19.8. The van der Waals surface area contributed by atoms with Crippen molar-refractivity contribution in [2.75, 3.05) is 32.3 Å². The van der Waals surface area contributed by atoms with Gasteiger partial charge >= 0.3 is 0 Å². The molecule has 0 saturated heterocycles. The number of rotatable bonds is 9. The molecule has 6 nitrogen and oxygen atoms in total. The highest BCUT2D eigenvalue weighted by Crippen LogP contribution is 2.29. The van der Waals surface area contributed by atoms with Crippen molar-refractivity contribution in [3.63, 3.8) is 0 Å². The van der Waals surface area contributed by atoms with Gasteiger partial charge < -0.3 is 18.8 Å². The highest BCUT2D eigenvalue weighted by Gasteiger charge is 2.17. The fourth-order valence-electron chi connectivity index (χ4n) is 3.42. The number of fused-ring (bicyclic) bond motifs is 1. The number of benzene rings is 2. The number of methoxy groups -OCH3 is 2. The Morgan fingerprint density at radius 3 is 2.50 bits per heavy atom. The first kappa shape index (κ1) is 19.9. The lowest BCUT2D eigenvalue weighted by Gasteiger charge is -2.24. The summed E-state index contributed by atoms with van der Waals surface area (Å²) in [4.78, 5) is 12.0. The van der Waals surface area contributed by atoms with Gasteiger partial charge in [-0.15, -0.1) is 0 Å². The Morgan fingerprint density at radius 2 is 1.77 bits per heavy atom. The molecule has 6 heteroatoms. The SMILES string of the molecule is COCCCN(Cc1ccco1)c1nc(-c2ccc(OC)cc2)nc2ccccc12. The largest absolute Gasteiger partial charge is 0.497 e. The van der Waals surface area contributed by atoms with Gasteiger partial charge in [-0.05, 0) is 55.0 Å². The summed E-state index contributed by atoms with van der Waals surface area (Å²) in [5.74, 6) is 3.27. The van der Waals surface area contributed by atoms with E-state index in [0.29, 0.717) is 19.0 Å². The molecule has 2 aromatic carbocycles. The Balaban J connectivity index is 1.78. The molecule has 0 fully saturated rings. The number of hydrogen-bond acceptors (Lipinski definition) is 6. The van der Waals surface area contributed by atoms with Crippen LogP contribution in [0.25, 0.3) is 22.3 Å². The molecule has 0 N–H and O–H groups in total. The third-order valence-corrected chi connectivity index (χ3v) is 4.93. The lowest BCUT2D eigenvalue weighted by molar-refractivity contribution is 0.196. The first-order valence-electron chi connectivity index (χ1n) is 9.96. The lowest BCUT2D eigenvalue weighted by Crippen LogP contribution is -2.26. The second-order valence-corrected chi connectivity index (χ2v) is 6.96. The highest BCUT2D eigenvalue weighted by molar-refractivity contribution is 5.91. The molecule has 0 atom stereocenters. The zero-order valence-electron chi connectivity index (χ0n) is 17.2. The number of nitrogens with zero attached hydrogens (tertiary/aromatic N) is 3. The summed E-state index contributed by atoms with van der Waals surface area (Å²) < 4.78 is 16.2. The van der Waals surface area contributed by atoms with Crippen LogP contribution in [0.3, 0.4) is 0 Å². The topological polar surface area (TPSA) is 60.6 Å². The van der Waals surface area contributed by atoms with Gasteiger partial charge in [0.25, 0.3) is 0 Å². The zero-order valence-corrected chi connectivity index (χ0v) is 17.2. The Bertz CT molecular complexity index is 1080. The van der Waals surface area contributed by atoms with E-state index in [1.807, 2.05) is 54.6 Å². The zero-order chi connectivity index (χ0) is 20.8. The summed E-state index contributed by atoms with van der Waals surface area (Å²) in [5, 5.41) is 1.01. The summed E-state index contributed by atoms with van der Waals surface area (Å²) in [6.07, 6.45) is 2.58. The second kappa shape index (κ2) is 9.41. The first-order valence-corrected chi connectivity index (χ1v) is 9.96. The molecule has 0 spiro atoms. The molecule has 0 bridgehead atoms. The van der Waals surface area contributed by atoms with E-state index in [0.717, 1.165) is 46.8 Å². The van der Waals surface area contributed by atoms with Crippen molar-refractivity contribution in [2.45, 2.75) is 13.0 Å². The summed E-state index contributed by atoms with van der Waals surface area (Å²) in [5.41, 5.74) is 1.85. The van der Waals surface area contributed by atoms with Gasteiger partial charge in [-0.25, -0.2) is 9.97 Å². The van der Waals surface area contributed by atoms with Gasteiger partial charge in [0.2, 0.25) is 0 Å². The van der Waals surface area contributed by atoms with E-state index in [1.165, 1.54) is 0 Å². The van der Waals surface area contributed by atoms with Crippen LogP contribution in [0.4, 0.5) is 5.82 Å². The van der Waals surface area contributed by atoms with E-state index >= 15 is 0 Å². The van der Waals surface area contributed by atoms with Crippen LogP contribution < -0.4 is 9.64 Å². The van der Waals surface area contributed by atoms with Crippen molar-refractivity contribution in [3.05, 3.63) is 72.7 Å². The number of ether oxygens (including phenoxy) is 2. The number of hydrogen-bond donors (Lipinski definition) is 0. The van der Waals surface area contributed by atoms with Crippen LogP contribution in [-0.4, -0.2) is 37.3 Å². The van der Waals surface area contributed by atoms with Crippen molar-refractivity contribution in [3.8, 4) is 17.1 Å². The number of aromatic nitrogens is 2. The number of anilines is 1. The van der Waals surface area contributed by atoms with E-state index < -0.39 is 0 Å². The maximum absolute atomic E-state index is 5.61. The predicted octanol–water partition coefficient (Wildman–Crippen LogP) is 4.94. The smallest absolute Gasteiger partial charge is 0.162 e. The van der Waals surface area contributed by atoms with Crippen LogP contribution in [0, 0.1) is 0 Å². The van der Waals surface area contributed by atoms with Gasteiger partial charge in [-0.3, -0.25) is 0 Å². The summed E-state index contributed by atoms with van der Waals surface area (Å²) >= 11 is 0. The van der Waals surface area contributed by atoms with Crippen LogP contribution in [0.5, 0.6) is 5.75 Å². The normalized spacial score (nSPS) is 11.0. The Hall–Kier alpha value is -3.38. The molecule has 0 radical (unpaired) electrons. The van der Waals surface area contributed by atoms with Crippen molar-refractivity contribution in [1.29, 1.82) is 0 Å². The molecule has 4 aromatic rings. The van der Waals surface area contributed by atoms with Gasteiger partial charge in [0.1, 0.15) is 17.3 Å². The van der Waals surface area contributed by atoms with Crippen LogP contribution >= 0.6 is 0 Å². The fraction of sp³-hybridized carbons (Fsp3) is 0.250. The molecule has 0 aliphatic carbocycles. The van der Waals surface area contributed by atoms with Crippen LogP contribution in [-0.2, 0) is 11.3 Å². The minimum Gasteiger partial charge on any atom is -0.497 e. The lowest BCUT2D eigenvalue weighted by atomic mass is 10.1. The van der Waals surface area contributed by atoms with Gasteiger partial charge in [-0.2, -0.15) is 0 Å². The highest BCUT2D eigenvalue weighted by atomic mass is 16.5. The van der Waals surface area contributed by atoms with Crippen molar-refractivity contribution in [1.82, 2.24) is 9.97 Å². The minimum atomic E-state index is 0.625. The van der Waals surface area contributed by atoms with E-state index in [1.54, 1.807) is 20.5 Å². The standard InChI is InChI=1S/C24H25N3O3/c1-28-15-6-14-27(17-20-7-5-16-30-20)24-21-8-3-4-9-22(21)25-23(26-24)18-10-12-19(29-2)13-11-18/h3-5,7-13,16H,6,14-15,17H2,1-2H3. The number of para-hydroxylation sites is 1. The predicted molar refractivity (Wildman–Crippen MR) is 118 cm³/mol. The molecular weight excluding hydrogens is 378 g/mol. The molecule has 0 saturated carbocycles. The quantitative estimate of drug-likeness (QED) is 0.369. The van der Waals surface area contributed by atoms with Gasteiger partial charge in [0.05, 0.1) is 25.4 Å². The van der Waals surface area contributed by atoms with Gasteiger partial charge in [0.15, 0.2) is 5.82 Å². The van der Waals surface area contributed by atoms with Gasteiger partial charge in [-0.1, -0.05) is 12.1 Å². The molecule has 2 heterocycles. The van der Waals surface area contributed by atoms with Crippen LogP contribution in [0.1, 0.15) is 12.2 Å². The molecule has 0 aliphatic heterocycles. The monoisotopic (exact) mass is 403 g/mol. The molecular formula is C24H25N3O3. The Kier molecular flexibility index (Phi) is 6.25. The molecule has 2 aromatic heterocycles. The summed E-state index contributed by atoms with van der Waals surface area (Å²) in [7, 11) is 3.38. The van der Waals surface area contributed by atoms with Crippen molar-refractivity contribution >= 4 is 16.7 Å². The van der Waals surface area contributed by atoms with Crippen LogP contribution in [0.2, 0.25) is 0 Å². The average molecular weight is 403 g/mol. The molecule has 0 amide bonds. The minimum absolute atomic E-state index is 0.625. The molecule has 0 unspecified atom stereocenters. The maximum Gasteiger partial charge on any atom is 0.162 e. The first-order chi connectivity index (χ1) is 14.8.